The van der Waals surface area contributed by atoms with Crippen LogP contribution in [0.5, 0.6) is 0 Å². The molecule has 1 fully saturated rings. The quantitative estimate of drug-likeness (QED) is 0.458. The number of nitrogens with zero attached hydrogens (tertiary/aromatic N) is 1. The molecule has 1 aliphatic rings. The second-order valence-corrected chi connectivity index (χ2v) is 3.69. The Morgan fingerprint density at radius 1 is 1.64 bits per heavy atom. The molecule has 2 heteroatoms. The van der Waals surface area contributed by atoms with Gasteiger partial charge in [-0.2, -0.15) is 0 Å². The smallest absolute Gasteiger partial charge is 0.0463 e. The fraction of sp³-hybridized carbons (Fsp3) is 0.778. The number of alkyl halides is 1. The highest BCUT2D eigenvalue weighted by atomic mass is 35.5. The van der Waals surface area contributed by atoms with Gasteiger partial charge in [0.15, 0.2) is 0 Å². The summed E-state index contributed by atoms with van der Waals surface area (Å²) in [6.45, 7) is 5.40. The third-order valence-electron chi connectivity index (χ3n) is 2.05. The summed E-state index contributed by atoms with van der Waals surface area (Å²) in [6, 6.07) is 0. The van der Waals surface area contributed by atoms with Gasteiger partial charge in [0, 0.05) is 18.5 Å². The van der Waals surface area contributed by atoms with Crippen molar-refractivity contribution < 1.29 is 0 Å². The maximum Gasteiger partial charge on any atom is 0.0463 e. The highest BCUT2D eigenvalue weighted by Gasteiger charge is 2.15. The first-order valence-corrected chi connectivity index (χ1v) is 4.74. The zero-order valence-corrected chi connectivity index (χ0v) is 7.85. The molecule has 0 N–H and O–H groups in total. The first-order chi connectivity index (χ1) is 5.33. The molecular weight excluding hydrogens is 158 g/mol. The van der Waals surface area contributed by atoms with Gasteiger partial charge >= 0.3 is 0 Å². The van der Waals surface area contributed by atoms with Gasteiger partial charge in [0.05, 0.1) is 0 Å². The monoisotopic (exact) mass is 173 g/mol. The second kappa shape index (κ2) is 4.78. The highest BCUT2D eigenvalue weighted by Crippen LogP contribution is 2.14. The van der Waals surface area contributed by atoms with Crippen molar-refractivity contribution in [1.82, 2.24) is 4.90 Å². The minimum Gasteiger partial charge on any atom is -0.298 e. The van der Waals surface area contributed by atoms with Crippen LogP contribution in [-0.2, 0) is 0 Å². The van der Waals surface area contributed by atoms with E-state index in [-0.39, 0.29) is 0 Å². The van der Waals surface area contributed by atoms with Crippen LogP contribution < -0.4 is 0 Å². The number of allylic oxidation sites excluding steroid dienone is 1. The van der Waals surface area contributed by atoms with E-state index in [1.54, 1.807) is 0 Å². The molecule has 0 aliphatic carbocycles. The molecule has 0 radical (unpaired) electrons. The zero-order valence-electron chi connectivity index (χ0n) is 7.09. The summed E-state index contributed by atoms with van der Waals surface area (Å²) < 4.78 is 0. The third kappa shape index (κ3) is 3.26. The third-order valence-corrected chi connectivity index (χ3v) is 2.40. The lowest BCUT2D eigenvalue weighted by Gasteiger charge is -2.28. The maximum absolute atomic E-state index is 6.02. The number of piperidine rings is 1. The molecule has 0 aromatic rings. The van der Waals surface area contributed by atoms with E-state index in [1.807, 2.05) is 0 Å². The molecule has 1 nitrogen and oxygen atoms in total. The van der Waals surface area contributed by atoms with Gasteiger partial charge in [0.1, 0.15) is 0 Å². The van der Waals surface area contributed by atoms with Gasteiger partial charge in [0.25, 0.3) is 0 Å². The minimum absolute atomic E-state index is 0.383. The van der Waals surface area contributed by atoms with Crippen LogP contribution in [0.15, 0.2) is 12.2 Å². The summed E-state index contributed by atoms with van der Waals surface area (Å²) in [5.74, 6) is 0. The molecule has 64 valence electrons. The molecule has 0 bridgehead atoms. The Hall–Kier alpha value is -0.0100. The summed E-state index contributed by atoms with van der Waals surface area (Å²) in [7, 11) is 0. The molecule has 1 saturated heterocycles. The van der Waals surface area contributed by atoms with Crippen LogP contribution in [0, 0.1) is 0 Å². The Kier molecular flexibility index (Phi) is 3.95. The van der Waals surface area contributed by atoms with Crippen molar-refractivity contribution in [3.8, 4) is 0 Å². The van der Waals surface area contributed by atoms with Gasteiger partial charge < -0.3 is 0 Å². The molecule has 0 spiro atoms. The molecule has 0 aromatic heterocycles. The Bertz CT molecular complexity index is 134. The summed E-state index contributed by atoms with van der Waals surface area (Å²) in [5.41, 5.74) is 0. The largest absolute Gasteiger partial charge is 0.298 e. The van der Waals surface area contributed by atoms with Gasteiger partial charge in [-0.25, -0.2) is 0 Å². The number of hydrogen-bond acceptors (Lipinski definition) is 1. The Labute approximate surface area is 74.0 Å². The van der Waals surface area contributed by atoms with Crippen molar-refractivity contribution in [2.24, 2.45) is 0 Å². The predicted octanol–water partition coefficient (Wildman–Crippen LogP) is 2.27. The average Bonchev–Trinajstić information content (AvgIpc) is 2.01. The van der Waals surface area contributed by atoms with Crippen molar-refractivity contribution in [3.63, 3.8) is 0 Å². The fourth-order valence-electron chi connectivity index (χ4n) is 1.42. The van der Waals surface area contributed by atoms with Crippen LogP contribution in [0.3, 0.4) is 0 Å². The highest BCUT2D eigenvalue weighted by molar-refractivity contribution is 6.20. The molecule has 1 unspecified atom stereocenters. The normalized spacial score (nSPS) is 28.0. The van der Waals surface area contributed by atoms with E-state index in [4.69, 9.17) is 11.6 Å². The Morgan fingerprint density at radius 3 is 3.09 bits per heavy atom. The van der Waals surface area contributed by atoms with Gasteiger partial charge in [-0.3, -0.25) is 4.90 Å². The van der Waals surface area contributed by atoms with E-state index in [0.29, 0.717) is 5.38 Å². The number of rotatable bonds is 2. The topological polar surface area (TPSA) is 3.24 Å². The molecule has 0 amide bonds. The summed E-state index contributed by atoms with van der Waals surface area (Å²) >= 11 is 6.02. The van der Waals surface area contributed by atoms with Crippen LogP contribution in [0.25, 0.3) is 0 Å². The molecule has 11 heavy (non-hydrogen) atoms. The second-order valence-electron chi connectivity index (χ2n) is 3.07. The molecular formula is C9H16ClN. The lowest BCUT2D eigenvalue weighted by molar-refractivity contribution is 0.255. The first-order valence-electron chi connectivity index (χ1n) is 4.30. The van der Waals surface area contributed by atoms with Gasteiger partial charge in [0.2, 0.25) is 0 Å². The number of hydrogen-bond donors (Lipinski definition) is 0. The minimum atomic E-state index is 0.383. The molecule has 1 atom stereocenters. The van der Waals surface area contributed by atoms with Crippen LogP contribution >= 0.6 is 11.6 Å². The van der Waals surface area contributed by atoms with E-state index in [0.717, 1.165) is 13.1 Å². The lowest BCUT2D eigenvalue weighted by Crippen LogP contribution is -2.35. The van der Waals surface area contributed by atoms with Crippen LogP contribution in [0.1, 0.15) is 19.8 Å². The summed E-state index contributed by atoms with van der Waals surface area (Å²) in [4.78, 5) is 2.40. The molecule has 1 rings (SSSR count). The van der Waals surface area contributed by atoms with Crippen LogP contribution in [0.4, 0.5) is 0 Å². The first kappa shape index (κ1) is 9.08. The van der Waals surface area contributed by atoms with Gasteiger partial charge in [-0.1, -0.05) is 12.2 Å². The van der Waals surface area contributed by atoms with Gasteiger partial charge in [-0.05, 0) is 26.3 Å². The molecule has 0 saturated carbocycles. The van der Waals surface area contributed by atoms with Crippen molar-refractivity contribution >= 4 is 11.6 Å². The lowest BCUT2D eigenvalue weighted by atomic mass is 10.1. The maximum atomic E-state index is 6.02. The standard InChI is InChI=1S/C9H16ClN/c1-2-3-6-11-7-4-5-9(10)8-11/h2-3,9H,4-8H2,1H3/b3-2+. The van der Waals surface area contributed by atoms with E-state index < -0.39 is 0 Å². The van der Waals surface area contributed by atoms with E-state index >= 15 is 0 Å². The van der Waals surface area contributed by atoms with E-state index in [1.165, 1.54) is 19.4 Å². The summed E-state index contributed by atoms with van der Waals surface area (Å²) in [6.07, 6.45) is 6.73. The molecule has 1 aliphatic heterocycles. The summed E-state index contributed by atoms with van der Waals surface area (Å²) in [5, 5.41) is 0.383. The van der Waals surface area contributed by atoms with Crippen molar-refractivity contribution in [2.75, 3.05) is 19.6 Å². The van der Waals surface area contributed by atoms with E-state index in [2.05, 4.69) is 24.0 Å². The molecule has 0 aromatic carbocycles. The van der Waals surface area contributed by atoms with Crippen molar-refractivity contribution in [3.05, 3.63) is 12.2 Å². The predicted molar refractivity (Wildman–Crippen MR) is 50.1 cm³/mol. The fourth-order valence-corrected chi connectivity index (χ4v) is 1.77. The average molecular weight is 174 g/mol. The van der Waals surface area contributed by atoms with Crippen molar-refractivity contribution in [1.29, 1.82) is 0 Å². The van der Waals surface area contributed by atoms with Gasteiger partial charge in [-0.15, -0.1) is 11.6 Å². The van der Waals surface area contributed by atoms with Crippen LogP contribution in [-0.4, -0.2) is 29.9 Å². The zero-order chi connectivity index (χ0) is 8.10. The van der Waals surface area contributed by atoms with Crippen molar-refractivity contribution in [2.45, 2.75) is 25.1 Å². The SMILES string of the molecule is C/C=C/CN1CCCC(Cl)C1. The molecule has 1 heterocycles. The van der Waals surface area contributed by atoms with E-state index in [9.17, 15) is 0 Å². The van der Waals surface area contributed by atoms with Crippen LogP contribution in [0.2, 0.25) is 0 Å². The number of likely N-dealkylation sites (tertiary alicyclic amines) is 1. The Balaban J connectivity index is 2.22. The number of halogens is 1. The Morgan fingerprint density at radius 2 is 2.45 bits per heavy atom.